The van der Waals surface area contributed by atoms with Gasteiger partial charge in [-0.2, -0.15) is 0 Å². The molecule has 1 aliphatic rings. The van der Waals surface area contributed by atoms with Crippen LogP contribution in [-0.4, -0.2) is 55.8 Å². The Labute approximate surface area is 212 Å². The second-order valence-electron chi connectivity index (χ2n) is 7.75. The Hall–Kier alpha value is -3.08. The molecule has 0 aliphatic carbocycles. The van der Waals surface area contributed by atoms with Gasteiger partial charge in [-0.15, -0.1) is 0 Å². The van der Waals surface area contributed by atoms with Crippen LogP contribution >= 0.6 is 23.2 Å². The molecule has 0 unspecified atom stereocenters. The van der Waals surface area contributed by atoms with Crippen LogP contribution in [0.25, 0.3) is 0 Å². The van der Waals surface area contributed by atoms with Gasteiger partial charge in [-0.25, -0.2) is 13.1 Å². The van der Waals surface area contributed by atoms with Crippen molar-refractivity contribution in [3.8, 4) is 0 Å². The molecule has 0 atom stereocenters. The van der Waals surface area contributed by atoms with Gasteiger partial charge in [0.05, 0.1) is 27.1 Å². The van der Waals surface area contributed by atoms with Gasteiger partial charge < -0.3 is 15.3 Å². The fourth-order valence-electron chi connectivity index (χ4n) is 3.37. The molecule has 2 aromatic rings. The number of carbonyl (C=O) groups excluding carboxylic acids is 3. The molecule has 0 fully saturated rings. The first-order chi connectivity index (χ1) is 16.6. The van der Waals surface area contributed by atoms with E-state index in [2.05, 4.69) is 5.32 Å². The number of nitrogens with zero attached hydrogens (tertiary/aromatic N) is 1. The molecule has 35 heavy (non-hydrogen) atoms. The number of aliphatic hydroxyl groups is 1. The normalized spacial score (nSPS) is 13.8. The molecule has 0 aromatic heterocycles. The molecule has 9 nitrogen and oxygen atoms in total. The molecule has 0 radical (unpaired) electrons. The summed E-state index contributed by atoms with van der Waals surface area (Å²) in [5.41, 5.74) is 0.840. The van der Waals surface area contributed by atoms with E-state index in [0.29, 0.717) is 29.4 Å². The van der Waals surface area contributed by atoms with Crippen molar-refractivity contribution in [2.24, 2.45) is 0 Å². The van der Waals surface area contributed by atoms with E-state index in [4.69, 9.17) is 23.2 Å². The smallest absolute Gasteiger partial charge is 0.289 e. The molecule has 0 saturated carbocycles. The van der Waals surface area contributed by atoms with Crippen LogP contribution in [-0.2, 0) is 30.8 Å². The van der Waals surface area contributed by atoms with Crippen molar-refractivity contribution in [2.75, 3.05) is 19.6 Å². The minimum atomic E-state index is -4.03. The Balaban J connectivity index is 1.45. The highest BCUT2D eigenvalue weighted by Crippen LogP contribution is 2.23. The quantitative estimate of drug-likeness (QED) is 0.397. The second kappa shape index (κ2) is 11.6. The maximum atomic E-state index is 12.4. The van der Waals surface area contributed by atoms with E-state index in [1.54, 1.807) is 18.2 Å². The maximum Gasteiger partial charge on any atom is 0.289 e. The number of aryl methyl sites for hydroxylation is 1. The number of benzene rings is 2. The summed E-state index contributed by atoms with van der Waals surface area (Å²) in [6, 6.07) is 12.6. The Bertz CT molecular complexity index is 1270. The van der Waals surface area contributed by atoms with Gasteiger partial charge in [0.25, 0.3) is 21.8 Å². The van der Waals surface area contributed by atoms with Gasteiger partial charge in [0.15, 0.2) is 5.76 Å². The predicted molar refractivity (Wildman–Crippen MR) is 130 cm³/mol. The van der Waals surface area contributed by atoms with Crippen molar-refractivity contribution in [1.29, 1.82) is 0 Å². The molecule has 2 aromatic carbocycles. The third kappa shape index (κ3) is 6.97. The Morgan fingerprint density at radius 1 is 1.06 bits per heavy atom. The molecule has 12 heteroatoms. The zero-order valence-electron chi connectivity index (χ0n) is 18.5. The first-order valence-electron chi connectivity index (χ1n) is 10.6. The first-order valence-corrected chi connectivity index (χ1v) is 12.9. The minimum Gasteiger partial charge on any atom is -0.503 e. The maximum absolute atomic E-state index is 12.4. The van der Waals surface area contributed by atoms with Gasteiger partial charge >= 0.3 is 0 Å². The van der Waals surface area contributed by atoms with E-state index in [9.17, 15) is 27.9 Å². The lowest BCUT2D eigenvalue weighted by atomic mass is 10.1. The second-order valence-corrected chi connectivity index (χ2v) is 10.3. The summed E-state index contributed by atoms with van der Waals surface area (Å²) in [5.74, 6) is -2.90. The standard InChI is InChI=1S/C23H23Cl2N3O6S/c24-18-9-8-15(13-19(18)25)5-4-11-26-22(31)17-14-28(23(32)21(17)30)12-10-20(29)27-35(33,34)16-6-2-1-3-7-16/h1-3,6-9,13,30H,4-5,10-12,14H2,(H,26,31)(H,27,29). The molecule has 186 valence electrons. The number of hydrogen-bond donors (Lipinski definition) is 3. The van der Waals surface area contributed by atoms with Crippen LogP contribution in [0.3, 0.4) is 0 Å². The number of hydrogen-bond acceptors (Lipinski definition) is 6. The number of aliphatic hydroxyl groups excluding tert-OH is 1. The van der Waals surface area contributed by atoms with Crippen molar-refractivity contribution < 1.29 is 27.9 Å². The minimum absolute atomic E-state index is 0.0666. The summed E-state index contributed by atoms with van der Waals surface area (Å²) in [6.07, 6.45) is 0.892. The lowest BCUT2D eigenvalue weighted by Gasteiger charge is -2.16. The number of halogens is 2. The van der Waals surface area contributed by atoms with Crippen molar-refractivity contribution in [3.63, 3.8) is 0 Å². The molecule has 0 saturated heterocycles. The predicted octanol–water partition coefficient (Wildman–Crippen LogP) is 2.59. The van der Waals surface area contributed by atoms with E-state index in [1.165, 1.54) is 24.3 Å². The molecule has 0 spiro atoms. The Morgan fingerprint density at radius 2 is 1.77 bits per heavy atom. The van der Waals surface area contributed by atoms with E-state index in [-0.39, 0.29) is 30.0 Å². The Morgan fingerprint density at radius 3 is 2.46 bits per heavy atom. The lowest BCUT2D eigenvalue weighted by molar-refractivity contribution is -0.128. The van der Waals surface area contributed by atoms with Crippen molar-refractivity contribution in [1.82, 2.24) is 14.9 Å². The van der Waals surface area contributed by atoms with Crippen molar-refractivity contribution in [3.05, 3.63) is 75.5 Å². The van der Waals surface area contributed by atoms with Gasteiger partial charge in [-0.3, -0.25) is 14.4 Å². The number of carbonyl (C=O) groups is 3. The fraction of sp³-hybridized carbons (Fsp3) is 0.261. The van der Waals surface area contributed by atoms with Crippen LogP contribution in [0.2, 0.25) is 10.0 Å². The lowest BCUT2D eigenvalue weighted by Crippen LogP contribution is -2.36. The van der Waals surface area contributed by atoms with E-state index in [0.717, 1.165) is 10.5 Å². The molecule has 3 rings (SSSR count). The molecule has 3 N–H and O–H groups in total. The van der Waals surface area contributed by atoms with Crippen LogP contribution < -0.4 is 10.0 Å². The van der Waals surface area contributed by atoms with Crippen molar-refractivity contribution in [2.45, 2.75) is 24.2 Å². The summed E-state index contributed by atoms with van der Waals surface area (Å²) < 4.78 is 26.4. The van der Waals surface area contributed by atoms with E-state index >= 15 is 0 Å². The first kappa shape index (κ1) is 26.5. The third-order valence-electron chi connectivity index (χ3n) is 5.22. The van der Waals surface area contributed by atoms with E-state index in [1.807, 2.05) is 10.8 Å². The van der Waals surface area contributed by atoms with Crippen LogP contribution in [0, 0.1) is 0 Å². The van der Waals surface area contributed by atoms with Gasteiger partial charge in [0, 0.05) is 19.5 Å². The summed E-state index contributed by atoms with van der Waals surface area (Å²) >= 11 is 11.9. The van der Waals surface area contributed by atoms with Gasteiger partial charge in [-0.05, 0) is 42.7 Å². The summed E-state index contributed by atoms with van der Waals surface area (Å²) in [7, 11) is -4.03. The summed E-state index contributed by atoms with van der Waals surface area (Å²) in [5, 5.41) is 13.6. The zero-order chi connectivity index (χ0) is 25.6. The third-order valence-corrected chi connectivity index (χ3v) is 7.35. The number of rotatable bonds is 10. The van der Waals surface area contributed by atoms with Gasteiger partial charge in [0.1, 0.15) is 0 Å². The van der Waals surface area contributed by atoms with Crippen molar-refractivity contribution >= 4 is 50.9 Å². The van der Waals surface area contributed by atoms with E-state index < -0.39 is 33.5 Å². The van der Waals surface area contributed by atoms with Gasteiger partial charge in [0.2, 0.25) is 5.91 Å². The highest BCUT2D eigenvalue weighted by Gasteiger charge is 2.34. The molecule has 1 heterocycles. The highest BCUT2D eigenvalue weighted by atomic mass is 35.5. The van der Waals surface area contributed by atoms with Crippen LogP contribution in [0.1, 0.15) is 18.4 Å². The number of nitrogens with one attached hydrogen (secondary N) is 2. The zero-order valence-corrected chi connectivity index (χ0v) is 20.8. The monoisotopic (exact) mass is 539 g/mol. The Kier molecular flexibility index (Phi) is 8.76. The largest absolute Gasteiger partial charge is 0.503 e. The molecule has 3 amide bonds. The topological polar surface area (TPSA) is 133 Å². The van der Waals surface area contributed by atoms with Gasteiger partial charge in [-0.1, -0.05) is 47.5 Å². The molecule has 1 aliphatic heterocycles. The molecular weight excluding hydrogens is 517 g/mol. The average molecular weight is 540 g/mol. The number of sulfonamides is 1. The van der Waals surface area contributed by atoms with Crippen LogP contribution in [0.5, 0.6) is 0 Å². The van der Waals surface area contributed by atoms with Crippen LogP contribution in [0.15, 0.2) is 64.8 Å². The average Bonchev–Trinajstić information content (AvgIpc) is 3.11. The highest BCUT2D eigenvalue weighted by molar-refractivity contribution is 7.90. The van der Waals surface area contributed by atoms with Crippen LogP contribution in [0.4, 0.5) is 0 Å². The summed E-state index contributed by atoms with van der Waals surface area (Å²) in [6.45, 7) is -0.0705. The number of amides is 3. The molecule has 0 bridgehead atoms. The molecular formula is C23H23Cl2N3O6S. The summed E-state index contributed by atoms with van der Waals surface area (Å²) in [4.78, 5) is 37.9. The SMILES string of the molecule is O=C(CCN1CC(C(=O)NCCCc2ccc(Cl)c(Cl)c2)=C(O)C1=O)NS(=O)(=O)c1ccccc1. The fourth-order valence-corrected chi connectivity index (χ4v) is 4.72.